The number of hydrogen-bond donors (Lipinski definition) is 2. The number of anilines is 1. The Morgan fingerprint density at radius 3 is 2.88 bits per heavy atom. The lowest BCUT2D eigenvalue weighted by Crippen LogP contribution is -2.12. The van der Waals surface area contributed by atoms with E-state index in [9.17, 15) is 9.59 Å². The van der Waals surface area contributed by atoms with Crippen LogP contribution in [0.25, 0.3) is 0 Å². The van der Waals surface area contributed by atoms with Gasteiger partial charge in [0.1, 0.15) is 0 Å². The van der Waals surface area contributed by atoms with Crippen LogP contribution in [0.15, 0.2) is 18.2 Å². The summed E-state index contributed by atoms with van der Waals surface area (Å²) < 4.78 is 0. The van der Waals surface area contributed by atoms with Gasteiger partial charge in [0.05, 0.1) is 6.42 Å². The van der Waals surface area contributed by atoms with Crippen molar-refractivity contribution in [2.24, 2.45) is 0 Å². The summed E-state index contributed by atoms with van der Waals surface area (Å²) in [5.74, 6) is -1.03. The lowest BCUT2D eigenvalue weighted by atomic mass is 9.98. The Kier molecular flexibility index (Phi) is 3.42. The molecule has 2 N–H and O–H groups in total. The number of nitrogens with one attached hydrogen (secondary N) is 1. The molecule has 0 saturated heterocycles. The fourth-order valence-electron chi connectivity index (χ4n) is 2.01. The summed E-state index contributed by atoms with van der Waals surface area (Å²) in [6.45, 7) is 0.972. The third kappa shape index (κ3) is 2.84. The molecule has 2 rings (SSSR count). The number of ketones is 1. The van der Waals surface area contributed by atoms with Gasteiger partial charge >= 0.3 is 5.97 Å². The Hall–Kier alpha value is -1.84. The van der Waals surface area contributed by atoms with Gasteiger partial charge in [-0.05, 0) is 36.6 Å². The number of rotatable bonds is 4. The molecule has 0 aliphatic carbocycles. The maximum absolute atomic E-state index is 11.8. The van der Waals surface area contributed by atoms with E-state index in [0.29, 0.717) is 5.56 Å². The first-order valence-electron chi connectivity index (χ1n) is 5.78. The van der Waals surface area contributed by atoms with Crippen molar-refractivity contribution in [3.8, 4) is 0 Å². The van der Waals surface area contributed by atoms with Gasteiger partial charge in [-0.2, -0.15) is 0 Å². The molecule has 90 valence electrons. The van der Waals surface area contributed by atoms with Crippen LogP contribution in [0.4, 0.5) is 5.69 Å². The second-order valence-electron chi connectivity index (χ2n) is 4.22. The number of carboxylic acid groups (broad SMARTS) is 1. The summed E-state index contributed by atoms with van der Waals surface area (Å²) in [7, 11) is 0. The molecule has 4 heteroatoms. The molecule has 0 radical (unpaired) electrons. The van der Waals surface area contributed by atoms with Gasteiger partial charge in [-0.15, -0.1) is 0 Å². The smallest absolute Gasteiger partial charge is 0.303 e. The van der Waals surface area contributed by atoms with Gasteiger partial charge in [-0.1, -0.05) is 0 Å². The molecule has 0 spiro atoms. The molecule has 0 saturated carbocycles. The van der Waals surface area contributed by atoms with E-state index in [2.05, 4.69) is 5.32 Å². The molecular formula is C13H15NO3. The molecular weight excluding hydrogens is 218 g/mol. The topological polar surface area (TPSA) is 66.4 Å². The van der Waals surface area contributed by atoms with Crippen LogP contribution in [0, 0.1) is 0 Å². The zero-order valence-corrected chi connectivity index (χ0v) is 9.53. The minimum absolute atomic E-state index is 0.0710. The molecule has 0 aromatic heterocycles. The number of Topliss-reactive ketones (excluding diaryl/α,β-unsaturated/α-hetero) is 1. The van der Waals surface area contributed by atoms with Gasteiger partial charge in [0.2, 0.25) is 0 Å². The van der Waals surface area contributed by atoms with Crippen LogP contribution < -0.4 is 5.32 Å². The number of carbonyl (C=O) groups is 2. The standard InChI is InChI=1S/C13H15NO3/c15-12(5-6-13(16)17)10-3-4-11-9(8-10)2-1-7-14-11/h3-4,8,14H,1-2,5-7H2,(H,16,17). The predicted octanol–water partition coefficient (Wildman–Crippen LogP) is 2.09. The Morgan fingerprint density at radius 2 is 2.12 bits per heavy atom. The largest absolute Gasteiger partial charge is 0.481 e. The number of hydrogen-bond acceptors (Lipinski definition) is 3. The second-order valence-corrected chi connectivity index (χ2v) is 4.22. The monoisotopic (exact) mass is 233 g/mol. The Labute approximate surface area is 99.6 Å². The highest BCUT2D eigenvalue weighted by atomic mass is 16.4. The van der Waals surface area contributed by atoms with Crippen molar-refractivity contribution in [2.45, 2.75) is 25.7 Å². The fourth-order valence-corrected chi connectivity index (χ4v) is 2.01. The van der Waals surface area contributed by atoms with Crippen molar-refractivity contribution in [1.29, 1.82) is 0 Å². The molecule has 0 unspecified atom stereocenters. The summed E-state index contributed by atoms with van der Waals surface area (Å²) >= 11 is 0. The number of aryl methyl sites for hydroxylation is 1. The summed E-state index contributed by atoms with van der Waals surface area (Å²) in [6.07, 6.45) is 2.01. The average Bonchev–Trinajstić information content (AvgIpc) is 2.35. The third-order valence-corrected chi connectivity index (χ3v) is 2.93. The van der Waals surface area contributed by atoms with Crippen LogP contribution in [-0.4, -0.2) is 23.4 Å². The number of fused-ring (bicyclic) bond motifs is 1. The normalized spacial score (nSPS) is 13.6. The van der Waals surface area contributed by atoms with Gasteiger partial charge in [0.15, 0.2) is 5.78 Å². The van der Waals surface area contributed by atoms with Crippen LogP contribution >= 0.6 is 0 Å². The summed E-state index contributed by atoms with van der Waals surface area (Å²) in [5.41, 5.74) is 2.86. The van der Waals surface area contributed by atoms with Crippen LogP contribution in [0.2, 0.25) is 0 Å². The minimum atomic E-state index is -0.932. The van der Waals surface area contributed by atoms with Crippen molar-refractivity contribution < 1.29 is 14.7 Å². The number of carbonyl (C=O) groups excluding carboxylic acids is 1. The summed E-state index contributed by atoms with van der Waals surface area (Å²) in [6, 6.07) is 5.55. The number of aliphatic carboxylic acids is 1. The predicted molar refractivity (Wildman–Crippen MR) is 64.5 cm³/mol. The minimum Gasteiger partial charge on any atom is -0.481 e. The van der Waals surface area contributed by atoms with Crippen molar-refractivity contribution in [3.63, 3.8) is 0 Å². The molecule has 0 amide bonds. The van der Waals surface area contributed by atoms with E-state index in [-0.39, 0.29) is 18.6 Å². The van der Waals surface area contributed by atoms with E-state index < -0.39 is 5.97 Å². The molecule has 1 heterocycles. The summed E-state index contributed by atoms with van der Waals surface area (Å²) in [4.78, 5) is 22.2. The van der Waals surface area contributed by atoms with E-state index in [1.807, 2.05) is 12.1 Å². The van der Waals surface area contributed by atoms with E-state index >= 15 is 0 Å². The molecule has 0 bridgehead atoms. The second kappa shape index (κ2) is 4.99. The lowest BCUT2D eigenvalue weighted by molar-refractivity contribution is -0.136. The Bertz CT molecular complexity index is 454. The van der Waals surface area contributed by atoms with Crippen molar-refractivity contribution in [2.75, 3.05) is 11.9 Å². The van der Waals surface area contributed by atoms with Gasteiger partial charge in [0, 0.05) is 24.2 Å². The van der Waals surface area contributed by atoms with Crippen LogP contribution in [0.3, 0.4) is 0 Å². The highest BCUT2D eigenvalue weighted by Crippen LogP contribution is 2.23. The number of benzene rings is 1. The first-order valence-corrected chi connectivity index (χ1v) is 5.78. The first kappa shape index (κ1) is 11.6. The van der Waals surface area contributed by atoms with Crippen LogP contribution in [0.5, 0.6) is 0 Å². The third-order valence-electron chi connectivity index (χ3n) is 2.93. The average molecular weight is 233 g/mol. The first-order chi connectivity index (χ1) is 8.16. The quantitative estimate of drug-likeness (QED) is 0.781. The molecule has 17 heavy (non-hydrogen) atoms. The highest BCUT2D eigenvalue weighted by Gasteiger charge is 2.13. The van der Waals surface area contributed by atoms with E-state index in [1.165, 1.54) is 0 Å². The van der Waals surface area contributed by atoms with Crippen molar-refractivity contribution in [3.05, 3.63) is 29.3 Å². The molecule has 1 aliphatic rings. The van der Waals surface area contributed by atoms with Gasteiger partial charge in [0.25, 0.3) is 0 Å². The molecule has 0 fully saturated rings. The van der Waals surface area contributed by atoms with Crippen molar-refractivity contribution >= 4 is 17.4 Å². The van der Waals surface area contributed by atoms with Gasteiger partial charge < -0.3 is 10.4 Å². The van der Waals surface area contributed by atoms with Gasteiger partial charge in [-0.25, -0.2) is 0 Å². The van der Waals surface area contributed by atoms with Crippen molar-refractivity contribution in [1.82, 2.24) is 0 Å². The van der Waals surface area contributed by atoms with E-state index in [1.54, 1.807) is 6.07 Å². The van der Waals surface area contributed by atoms with Gasteiger partial charge in [-0.3, -0.25) is 9.59 Å². The van der Waals surface area contributed by atoms with E-state index in [0.717, 1.165) is 30.6 Å². The zero-order valence-electron chi connectivity index (χ0n) is 9.53. The maximum atomic E-state index is 11.8. The lowest BCUT2D eigenvalue weighted by Gasteiger charge is -2.18. The Morgan fingerprint density at radius 1 is 1.29 bits per heavy atom. The SMILES string of the molecule is O=C(O)CCC(=O)c1ccc2c(c1)CCCN2. The van der Waals surface area contributed by atoms with E-state index in [4.69, 9.17) is 5.11 Å². The molecule has 1 aromatic rings. The molecule has 1 aliphatic heterocycles. The van der Waals surface area contributed by atoms with Crippen LogP contribution in [0.1, 0.15) is 35.2 Å². The molecule has 0 atom stereocenters. The molecule has 4 nitrogen and oxygen atoms in total. The molecule has 1 aromatic carbocycles. The van der Waals surface area contributed by atoms with Crippen LogP contribution in [-0.2, 0) is 11.2 Å². The number of carboxylic acids is 1. The zero-order chi connectivity index (χ0) is 12.3. The highest BCUT2D eigenvalue weighted by molar-refractivity contribution is 5.98. The fraction of sp³-hybridized carbons (Fsp3) is 0.385. The Balaban J connectivity index is 2.11. The maximum Gasteiger partial charge on any atom is 0.303 e. The summed E-state index contributed by atoms with van der Waals surface area (Å²) in [5, 5.41) is 11.8.